The monoisotopic (exact) mass is 335 g/mol. The molecule has 0 saturated carbocycles. The number of hydrogen-bond donors (Lipinski definition) is 1. The lowest BCUT2D eigenvalue weighted by molar-refractivity contribution is -0.128. The number of carbonyl (C=O) groups excluding carboxylic acids is 1. The van der Waals surface area contributed by atoms with Crippen LogP contribution in [-0.2, 0) is 11.2 Å². The molecule has 2 rings (SSSR count). The van der Waals surface area contributed by atoms with Gasteiger partial charge >= 0.3 is 0 Å². The van der Waals surface area contributed by atoms with Crippen LogP contribution in [-0.4, -0.2) is 18.6 Å². The Balaban J connectivity index is 1.82. The number of nitrogens with one attached hydrogen (secondary N) is 1. The Kier molecular flexibility index (Phi) is 6.41. The Labute approximate surface area is 140 Å². The number of ether oxygens (including phenoxy) is 1. The van der Waals surface area contributed by atoms with Crippen LogP contribution < -0.4 is 10.1 Å². The fourth-order valence-corrected chi connectivity index (χ4v) is 2.22. The molecule has 0 bridgehead atoms. The largest absolute Gasteiger partial charge is 0.481 e. The fourth-order valence-electron chi connectivity index (χ4n) is 2.09. The summed E-state index contributed by atoms with van der Waals surface area (Å²) in [7, 11) is 0. The van der Waals surface area contributed by atoms with Crippen LogP contribution in [0.5, 0.6) is 5.75 Å². The summed E-state index contributed by atoms with van der Waals surface area (Å²) in [5.74, 6) is -0.0327. The molecule has 1 unspecified atom stereocenters. The van der Waals surface area contributed by atoms with Crippen molar-refractivity contribution in [1.82, 2.24) is 5.32 Å². The average Bonchev–Trinajstić information content (AvgIpc) is 2.56. The number of rotatable bonds is 7. The van der Waals surface area contributed by atoms with Gasteiger partial charge in [-0.2, -0.15) is 0 Å². The van der Waals surface area contributed by atoms with E-state index in [4.69, 9.17) is 16.3 Å². The molecular formula is C18H19ClFNO2. The van der Waals surface area contributed by atoms with Crippen molar-refractivity contribution in [2.45, 2.75) is 25.9 Å². The van der Waals surface area contributed by atoms with E-state index in [1.165, 1.54) is 24.3 Å². The Morgan fingerprint density at radius 1 is 1.17 bits per heavy atom. The molecule has 0 aliphatic heterocycles. The molecule has 0 aromatic heterocycles. The van der Waals surface area contributed by atoms with Crippen LogP contribution in [0, 0.1) is 5.82 Å². The number of amides is 1. The normalized spacial score (nSPS) is 11.8. The molecule has 0 heterocycles. The lowest BCUT2D eigenvalue weighted by atomic mass is 10.1. The second-order valence-electron chi connectivity index (χ2n) is 5.14. The molecule has 3 nitrogen and oxygen atoms in total. The maximum Gasteiger partial charge on any atom is 0.261 e. The van der Waals surface area contributed by atoms with Crippen LogP contribution in [0.2, 0.25) is 5.02 Å². The zero-order valence-corrected chi connectivity index (χ0v) is 13.6. The Morgan fingerprint density at radius 2 is 1.83 bits per heavy atom. The van der Waals surface area contributed by atoms with Gasteiger partial charge in [-0.15, -0.1) is 0 Å². The second-order valence-corrected chi connectivity index (χ2v) is 5.57. The predicted molar refractivity (Wildman–Crippen MR) is 89.3 cm³/mol. The third-order valence-electron chi connectivity index (χ3n) is 3.38. The molecule has 122 valence electrons. The highest BCUT2D eigenvalue weighted by Gasteiger charge is 2.17. The minimum atomic E-state index is -0.592. The predicted octanol–water partition coefficient (Wildman–Crippen LogP) is 4.00. The van der Waals surface area contributed by atoms with Gasteiger partial charge in [0.1, 0.15) is 11.6 Å². The summed E-state index contributed by atoms with van der Waals surface area (Å²) < 4.78 is 18.5. The summed E-state index contributed by atoms with van der Waals surface area (Å²) in [6.07, 6.45) is 0.658. The first-order valence-electron chi connectivity index (χ1n) is 7.53. The summed E-state index contributed by atoms with van der Waals surface area (Å²) in [5.41, 5.74) is 1.10. The smallest absolute Gasteiger partial charge is 0.261 e. The maximum atomic E-state index is 12.9. The zero-order valence-electron chi connectivity index (χ0n) is 12.9. The van der Waals surface area contributed by atoms with Gasteiger partial charge < -0.3 is 10.1 Å². The molecule has 0 radical (unpaired) electrons. The first-order chi connectivity index (χ1) is 11.1. The standard InChI is InChI=1S/C18H19ClFNO2/c1-2-17(23-16-9-7-15(20)8-10-16)18(22)21-12-11-13-3-5-14(19)6-4-13/h3-10,17H,2,11-12H2,1H3,(H,21,22). The van der Waals surface area contributed by atoms with Crippen molar-refractivity contribution in [2.75, 3.05) is 6.54 Å². The van der Waals surface area contributed by atoms with E-state index in [1.807, 2.05) is 31.2 Å². The van der Waals surface area contributed by atoms with Gasteiger partial charge in [0.2, 0.25) is 0 Å². The van der Waals surface area contributed by atoms with E-state index in [1.54, 1.807) is 0 Å². The van der Waals surface area contributed by atoms with Crippen LogP contribution in [0.25, 0.3) is 0 Å². The molecule has 1 N–H and O–H groups in total. The summed E-state index contributed by atoms with van der Waals surface area (Å²) in [5, 5.41) is 3.55. The van der Waals surface area contributed by atoms with Gasteiger partial charge in [-0.25, -0.2) is 4.39 Å². The highest BCUT2D eigenvalue weighted by atomic mass is 35.5. The molecule has 23 heavy (non-hydrogen) atoms. The number of hydrogen-bond acceptors (Lipinski definition) is 2. The molecule has 1 amide bonds. The number of benzene rings is 2. The first kappa shape index (κ1) is 17.3. The van der Waals surface area contributed by atoms with E-state index in [9.17, 15) is 9.18 Å². The van der Waals surface area contributed by atoms with E-state index in [-0.39, 0.29) is 11.7 Å². The third kappa shape index (κ3) is 5.57. The minimum absolute atomic E-state index is 0.175. The van der Waals surface area contributed by atoms with E-state index in [2.05, 4.69) is 5.32 Å². The molecule has 2 aromatic rings. The SMILES string of the molecule is CCC(Oc1ccc(F)cc1)C(=O)NCCc1ccc(Cl)cc1. The van der Waals surface area contributed by atoms with Gasteiger partial charge in [-0.3, -0.25) is 4.79 Å². The summed E-state index contributed by atoms with van der Waals surface area (Å²) in [4.78, 5) is 12.2. The fraction of sp³-hybridized carbons (Fsp3) is 0.278. The molecule has 0 aliphatic rings. The van der Waals surface area contributed by atoms with Crippen LogP contribution in [0.4, 0.5) is 4.39 Å². The highest BCUT2D eigenvalue weighted by molar-refractivity contribution is 6.30. The van der Waals surface area contributed by atoms with Crippen LogP contribution in [0.1, 0.15) is 18.9 Å². The first-order valence-corrected chi connectivity index (χ1v) is 7.90. The van der Waals surface area contributed by atoms with Gasteiger partial charge in [0.15, 0.2) is 6.10 Å². The summed E-state index contributed by atoms with van der Waals surface area (Å²) >= 11 is 5.83. The van der Waals surface area contributed by atoms with Crippen molar-refractivity contribution in [2.24, 2.45) is 0 Å². The third-order valence-corrected chi connectivity index (χ3v) is 3.63. The van der Waals surface area contributed by atoms with Crippen molar-refractivity contribution < 1.29 is 13.9 Å². The van der Waals surface area contributed by atoms with E-state index in [0.29, 0.717) is 23.7 Å². The van der Waals surface area contributed by atoms with Gasteiger partial charge in [-0.1, -0.05) is 30.7 Å². The zero-order chi connectivity index (χ0) is 16.7. The van der Waals surface area contributed by atoms with Gasteiger partial charge in [-0.05, 0) is 54.8 Å². The Hall–Kier alpha value is -2.07. The van der Waals surface area contributed by atoms with E-state index < -0.39 is 6.10 Å². The minimum Gasteiger partial charge on any atom is -0.481 e. The van der Waals surface area contributed by atoms with Crippen LogP contribution >= 0.6 is 11.6 Å². The maximum absolute atomic E-state index is 12.9. The van der Waals surface area contributed by atoms with Crippen LogP contribution in [0.3, 0.4) is 0 Å². The van der Waals surface area contributed by atoms with Crippen molar-refractivity contribution in [3.8, 4) is 5.75 Å². The second kappa shape index (κ2) is 8.53. The molecule has 2 aromatic carbocycles. The summed E-state index contributed by atoms with van der Waals surface area (Å²) in [6.45, 7) is 2.39. The Bertz CT molecular complexity index is 628. The quantitative estimate of drug-likeness (QED) is 0.830. The highest BCUT2D eigenvalue weighted by Crippen LogP contribution is 2.14. The lowest BCUT2D eigenvalue weighted by Crippen LogP contribution is -2.38. The molecule has 1 atom stereocenters. The summed E-state index contributed by atoms with van der Waals surface area (Å²) in [6, 6.07) is 13.1. The molecule has 0 spiro atoms. The van der Waals surface area contributed by atoms with Crippen molar-refractivity contribution in [3.63, 3.8) is 0 Å². The molecule has 0 fully saturated rings. The van der Waals surface area contributed by atoms with Gasteiger partial charge in [0.25, 0.3) is 5.91 Å². The Morgan fingerprint density at radius 3 is 2.43 bits per heavy atom. The topological polar surface area (TPSA) is 38.3 Å². The van der Waals surface area contributed by atoms with Crippen molar-refractivity contribution in [3.05, 3.63) is 64.9 Å². The average molecular weight is 336 g/mol. The van der Waals surface area contributed by atoms with Gasteiger partial charge in [0, 0.05) is 11.6 Å². The molecule has 0 saturated heterocycles. The van der Waals surface area contributed by atoms with Crippen molar-refractivity contribution in [1.29, 1.82) is 0 Å². The van der Waals surface area contributed by atoms with E-state index in [0.717, 1.165) is 12.0 Å². The molecule has 5 heteroatoms. The molecule has 0 aliphatic carbocycles. The van der Waals surface area contributed by atoms with Crippen molar-refractivity contribution >= 4 is 17.5 Å². The molecular weight excluding hydrogens is 317 g/mol. The number of halogens is 2. The van der Waals surface area contributed by atoms with Gasteiger partial charge in [0.05, 0.1) is 0 Å². The van der Waals surface area contributed by atoms with E-state index >= 15 is 0 Å². The lowest BCUT2D eigenvalue weighted by Gasteiger charge is -2.17. The van der Waals surface area contributed by atoms with Crippen LogP contribution in [0.15, 0.2) is 48.5 Å². The number of carbonyl (C=O) groups is 1.